The van der Waals surface area contributed by atoms with Gasteiger partial charge in [-0.25, -0.2) is 4.98 Å². The summed E-state index contributed by atoms with van der Waals surface area (Å²) in [6.45, 7) is 2.46. The maximum absolute atomic E-state index is 5.46. The molecule has 2 aromatic heterocycles. The molecule has 0 aromatic carbocycles. The van der Waals surface area contributed by atoms with Crippen molar-refractivity contribution in [1.82, 2.24) is 15.2 Å². The molecule has 2 aromatic rings. The summed E-state index contributed by atoms with van der Waals surface area (Å²) in [5, 5.41) is 10.0. The molecule has 0 radical (unpaired) electrons. The van der Waals surface area contributed by atoms with Gasteiger partial charge in [0.05, 0.1) is 5.01 Å². The highest BCUT2D eigenvalue weighted by Gasteiger charge is 2.05. The second-order valence-corrected chi connectivity index (χ2v) is 3.80. The van der Waals surface area contributed by atoms with Crippen LogP contribution in [0.1, 0.15) is 10.7 Å². The van der Waals surface area contributed by atoms with Gasteiger partial charge in [-0.2, -0.15) is 5.10 Å². The number of nitrogens with two attached hydrogens (primary N) is 1. The predicted octanol–water partition coefficient (Wildman–Crippen LogP) is 1.30. The molecule has 0 amide bonds. The van der Waals surface area contributed by atoms with Crippen molar-refractivity contribution in [2.45, 2.75) is 13.5 Å². The van der Waals surface area contributed by atoms with Gasteiger partial charge in [-0.15, -0.1) is 11.3 Å². The minimum atomic E-state index is 0.482. The number of thiazole rings is 1. The van der Waals surface area contributed by atoms with E-state index in [4.69, 9.17) is 5.73 Å². The second kappa shape index (κ2) is 3.27. The number of aromatic amines is 1. The van der Waals surface area contributed by atoms with E-state index >= 15 is 0 Å². The van der Waals surface area contributed by atoms with Crippen LogP contribution in [0.15, 0.2) is 11.4 Å². The molecule has 0 spiro atoms. The minimum Gasteiger partial charge on any atom is -0.325 e. The first-order chi connectivity index (χ1) is 6.29. The van der Waals surface area contributed by atoms with Crippen molar-refractivity contribution in [3.63, 3.8) is 0 Å². The van der Waals surface area contributed by atoms with Gasteiger partial charge in [0, 0.05) is 17.6 Å². The van der Waals surface area contributed by atoms with E-state index in [2.05, 4.69) is 15.2 Å². The molecule has 0 atom stereocenters. The molecule has 68 valence electrons. The van der Waals surface area contributed by atoms with Crippen LogP contribution < -0.4 is 5.73 Å². The first-order valence-electron chi connectivity index (χ1n) is 3.96. The Balaban J connectivity index is 2.35. The van der Waals surface area contributed by atoms with Crippen LogP contribution in [-0.2, 0) is 6.54 Å². The van der Waals surface area contributed by atoms with Crippen LogP contribution in [0.3, 0.4) is 0 Å². The third kappa shape index (κ3) is 1.61. The number of aryl methyl sites for hydroxylation is 1. The van der Waals surface area contributed by atoms with Crippen molar-refractivity contribution in [3.05, 3.63) is 22.1 Å². The zero-order chi connectivity index (χ0) is 9.26. The standard InChI is InChI=1S/C8H10N4S/c1-5-10-8(4-13-5)7-2-6(3-9)11-12-7/h2,4H,3,9H2,1H3,(H,11,12). The summed E-state index contributed by atoms with van der Waals surface area (Å²) >= 11 is 1.62. The maximum Gasteiger partial charge on any atom is 0.112 e. The average Bonchev–Trinajstić information content (AvgIpc) is 2.71. The Hall–Kier alpha value is -1.20. The molecule has 13 heavy (non-hydrogen) atoms. The Kier molecular flexibility index (Phi) is 2.12. The second-order valence-electron chi connectivity index (χ2n) is 2.73. The van der Waals surface area contributed by atoms with Crippen LogP contribution in [0.5, 0.6) is 0 Å². The van der Waals surface area contributed by atoms with Gasteiger partial charge in [0.15, 0.2) is 0 Å². The molecule has 5 heteroatoms. The molecule has 0 aliphatic heterocycles. The predicted molar refractivity (Wildman–Crippen MR) is 52.3 cm³/mol. The van der Waals surface area contributed by atoms with Crippen LogP contribution in [-0.4, -0.2) is 15.2 Å². The molecular formula is C8H10N4S. The van der Waals surface area contributed by atoms with Crippen LogP contribution in [0.4, 0.5) is 0 Å². The number of H-pyrrole nitrogens is 1. The summed E-state index contributed by atoms with van der Waals surface area (Å²) in [5.41, 5.74) is 8.17. The fourth-order valence-electron chi connectivity index (χ4n) is 1.08. The van der Waals surface area contributed by atoms with E-state index in [-0.39, 0.29) is 0 Å². The molecule has 3 N–H and O–H groups in total. The first-order valence-corrected chi connectivity index (χ1v) is 4.84. The molecule has 0 fully saturated rings. The average molecular weight is 194 g/mol. The summed E-state index contributed by atoms with van der Waals surface area (Å²) in [5.74, 6) is 0. The third-order valence-corrected chi connectivity index (χ3v) is 2.51. The van der Waals surface area contributed by atoms with Gasteiger partial charge in [-0.1, -0.05) is 0 Å². The number of aromatic nitrogens is 3. The highest BCUT2D eigenvalue weighted by Crippen LogP contribution is 2.19. The quantitative estimate of drug-likeness (QED) is 0.757. The topological polar surface area (TPSA) is 67.6 Å². The Morgan fingerprint density at radius 3 is 2.92 bits per heavy atom. The molecule has 0 saturated carbocycles. The lowest BCUT2D eigenvalue weighted by Crippen LogP contribution is -1.95. The van der Waals surface area contributed by atoms with Gasteiger partial charge in [0.25, 0.3) is 0 Å². The molecule has 4 nitrogen and oxygen atoms in total. The lowest BCUT2D eigenvalue weighted by Gasteiger charge is -1.84. The van der Waals surface area contributed by atoms with Gasteiger partial charge >= 0.3 is 0 Å². The van der Waals surface area contributed by atoms with Gasteiger partial charge in [-0.3, -0.25) is 5.10 Å². The zero-order valence-electron chi connectivity index (χ0n) is 7.24. The van der Waals surface area contributed by atoms with E-state index < -0.39 is 0 Å². The van der Waals surface area contributed by atoms with E-state index in [1.54, 1.807) is 11.3 Å². The normalized spacial score (nSPS) is 10.6. The van der Waals surface area contributed by atoms with Gasteiger partial charge in [0.1, 0.15) is 11.4 Å². The molecule has 2 heterocycles. The molecule has 0 aliphatic rings. The van der Waals surface area contributed by atoms with Crippen LogP contribution in [0.2, 0.25) is 0 Å². The van der Waals surface area contributed by atoms with Crippen LogP contribution in [0.25, 0.3) is 11.4 Å². The van der Waals surface area contributed by atoms with Crippen LogP contribution in [0, 0.1) is 6.92 Å². The van der Waals surface area contributed by atoms with Crippen molar-refractivity contribution < 1.29 is 0 Å². The molecule has 0 aliphatic carbocycles. The van der Waals surface area contributed by atoms with Gasteiger partial charge < -0.3 is 5.73 Å². The number of rotatable bonds is 2. The molecule has 2 rings (SSSR count). The summed E-state index contributed by atoms with van der Waals surface area (Å²) in [7, 11) is 0. The summed E-state index contributed by atoms with van der Waals surface area (Å²) in [6, 6.07) is 1.93. The highest BCUT2D eigenvalue weighted by atomic mass is 32.1. The third-order valence-electron chi connectivity index (χ3n) is 1.73. The molecule has 0 unspecified atom stereocenters. The molecule has 0 saturated heterocycles. The van der Waals surface area contributed by atoms with E-state index in [0.29, 0.717) is 6.54 Å². The monoisotopic (exact) mass is 194 g/mol. The minimum absolute atomic E-state index is 0.482. The van der Waals surface area contributed by atoms with Crippen molar-refractivity contribution in [2.75, 3.05) is 0 Å². The summed E-state index contributed by atoms with van der Waals surface area (Å²) < 4.78 is 0. The summed E-state index contributed by atoms with van der Waals surface area (Å²) in [4.78, 5) is 4.32. The van der Waals surface area contributed by atoms with E-state index in [1.807, 2.05) is 18.4 Å². The van der Waals surface area contributed by atoms with Crippen LogP contribution >= 0.6 is 11.3 Å². The number of nitrogens with one attached hydrogen (secondary N) is 1. The fraction of sp³-hybridized carbons (Fsp3) is 0.250. The lowest BCUT2D eigenvalue weighted by atomic mass is 10.3. The van der Waals surface area contributed by atoms with Gasteiger partial charge in [-0.05, 0) is 13.0 Å². The molecular weight excluding hydrogens is 184 g/mol. The lowest BCUT2D eigenvalue weighted by molar-refractivity contribution is 0.948. The maximum atomic E-state index is 5.46. The number of nitrogens with zero attached hydrogens (tertiary/aromatic N) is 2. The SMILES string of the molecule is Cc1nc(-c2cc(CN)[nH]n2)cs1. The van der Waals surface area contributed by atoms with Crippen molar-refractivity contribution in [1.29, 1.82) is 0 Å². The molecule has 0 bridgehead atoms. The largest absolute Gasteiger partial charge is 0.325 e. The Morgan fingerprint density at radius 2 is 2.38 bits per heavy atom. The Morgan fingerprint density at radius 1 is 1.54 bits per heavy atom. The van der Waals surface area contributed by atoms with Gasteiger partial charge in [0.2, 0.25) is 0 Å². The van der Waals surface area contributed by atoms with E-state index in [1.165, 1.54) is 0 Å². The highest BCUT2D eigenvalue weighted by molar-refractivity contribution is 7.09. The zero-order valence-corrected chi connectivity index (χ0v) is 8.06. The van der Waals surface area contributed by atoms with Crippen molar-refractivity contribution in [2.24, 2.45) is 5.73 Å². The first kappa shape index (κ1) is 8.40. The Labute approximate surface area is 79.8 Å². The van der Waals surface area contributed by atoms with E-state index in [0.717, 1.165) is 22.1 Å². The van der Waals surface area contributed by atoms with E-state index in [9.17, 15) is 0 Å². The number of hydrogen-bond acceptors (Lipinski definition) is 4. The van der Waals surface area contributed by atoms with Crippen molar-refractivity contribution in [3.8, 4) is 11.4 Å². The Bertz CT molecular complexity index is 404. The fourth-order valence-corrected chi connectivity index (χ4v) is 1.69. The van der Waals surface area contributed by atoms with Crippen molar-refractivity contribution >= 4 is 11.3 Å². The summed E-state index contributed by atoms with van der Waals surface area (Å²) in [6.07, 6.45) is 0. The smallest absolute Gasteiger partial charge is 0.112 e. The number of hydrogen-bond donors (Lipinski definition) is 2.